The van der Waals surface area contributed by atoms with Gasteiger partial charge in [-0.05, 0) is 43.6 Å². The number of hydrogen-bond acceptors (Lipinski definition) is 3. The Bertz CT molecular complexity index is 403. The molecule has 0 unspecified atom stereocenters. The van der Waals surface area contributed by atoms with Crippen molar-refractivity contribution < 1.29 is 4.74 Å². The van der Waals surface area contributed by atoms with Crippen molar-refractivity contribution >= 4 is 17.2 Å². The first-order chi connectivity index (χ1) is 9.47. The van der Waals surface area contributed by atoms with E-state index in [1.165, 1.54) is 6.42 Å². The Balaban J connectivity index is 2.26. The molecule has 1 aromatic carbocycles. The van der Waals surface area contributed by atoms with Gasteiger partial charge in [0.05, 0.1) is 4.99 Å². The number of nitrogens with two attached hydrogens (primary N) is 1. The molecule has 0 spiro atoms. The molecule has 1 rings (SSSR count). The van der Waals surface area contributed by atoms with E-state index in [0.717, 1.165) is 30.3 Å². The molecule has 1 aromatic rings. The summed E-state index contributed by atoms with van der Waals surface area (Å²) in [5, 5.41) is 0. The zero-order valence-corrected chi connectivity index (χ0v) is 13.6. The summed E-state index contributed by atoms with van der Waals surface area (Å²) in [6.07, 6.45) is 1.87. The quantitative estimate of drug-likeness (QED) is 0.711. The van der Waals surface area contributed by atoms with Crippen molar-refractivity contribution in [2.24, 2.45) is 11.7 Å². The van der Waals surface area contributed by atoms with Crippen LogP contribution >= 0.6 is 12.2 Å². The predicted molar refractivity (Wildman–Crippen MR) is 89.4 cm³/mol. The van der Waals surface area contributed by atoms with E-state index in [-0.39, 0.29) is 0 Å². The van der Waals surface area contributed by atoms with E-state index in [4.69, 9.17) is 22.7 Å². The fourth-order valence-corrected chi connectivity index (χ4v) is 1.98. The smallest absolute Gasteiger partial charge is 0.119 e. The summed E-state index contributed by atoms with van der Waals surface area (Å²) in [6, 6.07) is 7.97. The van der Waals surface area contributed by atoms with Crippen LogP contribution in [-0.4, -0.2) is 36.6 Å². The van der Waals surface area contributed by atoms with Crippen LogP contribution in [-0.2, 0) is 6.42 Å². The highest BCUT2D eigenvalue weighted by molar-refractivity contribution is 7.80. The van der Waals surface area contributed by atoms with E-state index in [1.807, 2.05) is 24.3 Å². The lowest BCUT2D eigenvalue weighted by atomic mass is 10.1. The fraction of sp³-hybridized carbons (Fsp3) is 0.562. The van der Waals surface area contributed by atoms with Gasteiger partial charge in [-0.3, -0.25) is 0 Å². The molecule has 0 saturated carbocycles. The molecule has 2 N–H and O–H groups in total. The molecule has 0 aliphatic heterocycles. The molecule has 0 aliphatic carbocycles. The summed E-state index contributed by atoms with van der Waals surface area (Å²) in [6.45, 7) is 7.27. The second-order valence-corrected chi connectivity index (χ2v) is 6.15. The van der Waals surface area contributed by atoms with Gasteiger partial charge in [0.25, 0.3) is 0 Å². The monoisotopic (exact) mass is 294 g/mol. The highest BCUT2D eigenvalue weighted by atomic mass is 32.1. The molecule has 3 nitrogen and oxygen atoms in total. The standard InChI is InChI=1S/C16H26N2OS/c1-13(2)8-9-18(3)10-11-19-15-6-4-14(5-7-15)12-16(17)20/h4-7,13H,8-12H2,1-3H3,(H2,17,20). The SMILES string of the molecule is CC(C)CCN(C)CCOc1ccc(CC(N)=S)cc1. The first kappa shape index (κ1) is 16.9. The van der Waals surface area contributed by atoms with Crippen molar-refractivity contribution in [3.63, 3.8) is 0 Å². The maximum Gasteiger partial charge on any atom is 0.119 e. The molecule has 0 amide bonds. The zero-order chi connectivity index (χ0) is 15.0. The molecular formula is C16H26N2OS. The molecule has 112 valence electrons. The number of thiocarbonyl (C=S) groups is 1. The summed E-state index contributed by atoms with van der Waals surface area (Å²) < 4.78 is 5.74. The van der Waals surface area contributed by atoms with Crippen LogP contribution in [0.25, 0.3) is 0 Å². The van der Waals surface area contributed by atoms with Crippen LogP contribution in [0.3, 0.4) is 0 Å². The Morgan fingerprint density at radius 1 is 1.25 bits per heavy atom. The van der Waals surface area contributed by atoms with Crippen LogP contribution in [0.1, 0.15) is 25.8 Å². The first-order valence-electron chi connectivity index (χ1n) is 7.16. The van der Waals surface area contributed by atoms with Crippen molar-refractivity contribution in [1.82, 2.24) is 4.90 Å². The second-order valence-electron chi connectivity index (χ2n) is 5.62. The number of likely N-dealkylation sites (N-methyl/N-ethyl adjacent to an activating group) is 1. The highest BCUT2D eigenvalue weighted by Crippen LogP contribution is 2.12. The van der Waals surface area contributed by atoms with Gasteiger partial charge in [-0.25, -0.2) is 0 Å². The highest BCUT2D eigenvalue weighted by Gasteiger charge is 2.02. The Morgan fingerprint density at radius 3 is 2.45 bits per heavy atom. The molecule has 4 heteroatoms. The molecule has 0 fully saturated rings. The number of benzene rings is 1. The molecule has 0 bridgehead atoms. The minimum Gasteiger partial charge on any atom is -0.492 e. The number of rotatable bonds is 9. The third-order valence-corrected chi connectivity index (χ3v) is 3.28. The summed E-state index contributed by atoms with van der Waals surface area (Å²) >= 11 is 4.89. The van der Waals surface area contributed by atoms with E-state index < -0.39 is 0 Å². The Hall–Kier alpha value is -1.13. The Morgan fingerprint density at radius 2 is 1.90 bits per heavy atom. The van der Waals surface area contributed by atoms with Crippen molar-refractivity contribution in [2.45, 2.75) is 26.7 Å². The number of hydrogen-bond donors (Lipinski definition) is 1. The summed E-state index contributed by atoms with van der Waals surface area (Å²) in [5.74, 6) is 1.65. The molecule has 20 heavy (non-hydrogen) atoms. The van der Waals surface area contributed by atoms with E-state index in [0.29, 0.717) is 18.0 Å². The second kappa shape index (κ2) is 8.93. The average Bonchev–Trinajstić information content (AvgIpc) is 2.38. The predicted octanol–water partition coefficient (Wildman–Crippen LogP) is 2.87. The van der Waals surface area contributed by atoms with Crippen LogP contribution in [0.15, 0.2) is 24.3 Å². The van der Waals surface area contributed by atoms with E-state index in [1.54, 1.807) is 0 Å². The minimum absolute atomic E-state index is 0.519. The fourth-order valence-electron chi connectivity index (χ4n) is 1.81. The maximum absolute atomic E-state index is 5.74. The van der Waals surface area contributed by atoms with Gasteiger partial charge in [-0.15, -0.1) is 0 Å². The van der Waals surface area contributed by atoms with Crippen molar-refractivity contribution in [1.29, 1.82) is 0 Å². The molecular weight excluding hydrogens is 268 g/mol. The zero-order valence-electron chi connectivity index (χ0n) is 12.8. The third-order valence-electron chi connectivity index (χ3n) is 3.13. The number of ether oxygens (including phenoxy) is 1. The topological polar surface area (TPSA) is 38.5 Å². The van der Waals surface area contributed by atoms with Gasteiger partial charge >= 0.3 is 0 Å². The lowest BCUT2D eigenvalue weighted by molar-refractivity contribution is 0.230. The largest absolute Gasteiger partial charge is 0.492 e. The summed E-state index contributed by atoms with van der Waals surface area (Å²) in [5.41, 5.74) is 6.64. The molecule has 0 radical (unpaired) electrons. The van der Waals surface area contributed by atoms with Crippen LogP contribution < -0.4 is 10.5 Å². The van der Waals surface area contributed by atoms with Gasteiger partial charge in [-0.1, -0.05) is 38.2 Å². The van der Waals surface area contributed by atoms with Gasteiger partial charge in [0.15, 0.2) is 0 Å². The van der Waals surface area contributed by atoms with Gasteiger partial charge in [0.1, 0.15) is 12.4 Å². The van der Waals surface area contributed by atoms with Crippen molar-refractivity contribution in [3.8, 4) is 5.75 Å². The Labute approximate surface area is 128 Å². The minimum atomic E-state index is 0.519. The van der Waals surface area contributed by atoms with Gasteiger partial charge in [-0.2, -0.15) is 0 Å². The van der Waals surface area contributed by atoms with Gasteiger partial charge in [0, 0.05) is 13.0 Å². The van der Waals surface area contributed by atoms with E-state index in [2.05, 4.69) is 25.8 Å². The van der Waals surface area contributed by atoms with E-state index >= 15 is 0 Å². The summed E-state index contributed by atoms with van der Waals surface area (Å²) in [4.78, 5) is 2.83. The molecule has 0 saturated heterocycles. The van der Waals surface area contributed by atoms with Crippen LogP contribution in [0.4, 0.5) is 0 Å². The molecule has 0 aliphatic rings. The van der Waals surface area contributed by atoms with Crippen molar-refractivity contribution in [2.75, 3.05) is 26.7 Å². The summed E-state index contributed by atoms with van der Waals surface area (Å²) in [7, 11) is 2.14. The van der Waals surface area contributed by atoms with Crippen LogP contribution in [0, 0.1) is 5.92 Å². The number of nitrogens with zero attached hydrogens (tertiary/aromatic N) is 1. The molecule has 0 atom stereocenters. The van der Waals surface area contributed by atoms with Gasteiger partial charge in [0.2, 0.25) is 0 Å². The van der Waals surface area contributed by atoms with E-state index in [9.17, 15) is 0 Å². The van der Waals surface area contributed by atoms with Crippen LogP contribution in [0.2, 0.25) is 0 Å². The molecule has 0 heterocycles. The lowest BCUT2D eigenvalue weighted by Crippen LogP contribution is -2.26. The average molecular weight is 294 g/mol. The lowest BCUT2D eigenvalue weighted by Gasteiger charge is -2.18. The maximum atomic E-state index is 5.74. The normalized spacial score (nSPS) is 11.1. The first-order valence-corrected chi connectivity index (χ1v) is 7.56. The molecule has 0 aromatic heterocycles. The van der Waals surface area contributed by atoms with Gasteiger partial charge < -0.3 is 15.4 Å². The van der Waals surface area contributed by atoms with Crippen LogP contribution in [0.5, 0.6) is 5.75 Å². The Kier molecular flexibility index (Phi) is 7.55. The third kappa shape index (κ3) is 7.46. The van der Waals surface area contributed by atoms with Crippen molar-refractivity contribution in [3.05, 3.63) is 29.8 Å².